The molecule has 0 aliphatic heterocycles. The van der Waals surface area contributed by atoms with Crippen LogP contribution in [0.2, 0.25) is 0 Å². The molecule has 0 bridgehead atoms. The standard InChI is InChI=1S/C17H16BrFN4O/c18-14-8-21-23-6-5-15(22-16(14)23)20-9-17(10-24)7-13(17)11-1-3-12(19)4-2-11/h1-6,8,13,24H,7,9-10H2,(H,20,22). The maximum atomic E-state index is 13.1. The number of nitrogens with zero attached hydrogens (tertiary/aromatic N) is 3. The molecule has 1 fully saturated rings. The Kier molecular flexibility index (Phi) is 3.77. The normalized spacial score (nSPS) is 22.7. The van der Waals surface area contributed by atoms with Gasteiger partial charge in [-0.3, -0.25) is 0 Å². The van der Waals surface area contributed by atoms with E-state index in [9.17, 15) is 9.50 Å². The van der Waals surface area contributed by atoms with Crippen LogP contribution in [0, 0.1) is 11.2 Å². The lowest BCUT2D eigenvalue weighted by Crippen LogP contribution is -2.21. The van der Waals surface area contributed by atoms with Crippen molar-refractivity contribution in [3.8, 4) is 0 Å². The first-order valence-corrected chi connectivity index (χ1v) is 8.51. The molecule has 4 rings (SSSR count). The predicted octanol–water partition coefficient (Wildman–Crippen LogP) is 3.21. The molecule has 2 heterocycles. The molecule has 24 heavy (non-hydrogen) atoms. The molecule has 1 aliphatic rings. The first kappa shape index (κ1) is 15.5. The Morgan fingerprint density at radius 3 is 2.88 bits per heavy atom. The Balaban J connectivity index is 1.49. The van der Waals surface area contributed by atoms with Crippen LogP contribution in [0.15, 0.2) is 47.2 Å². The monoisotopic (exact) mass is 390 g/mol. The van der Waals surface area contributed by atoms with Crippen molar-refractivity contribution in [3.05, 3.63) is 58.6 Å². The van der Waals surface area contributed by atoms with Gasteiger partial charge in [-0.2, -0.15) is 5.10 Å². The molecule has 5 nitrogen and oxygen atoms in total. The summed E-state index contributed by atoms with van der Waals surface area (Å²) >= 11 is 3.42. The number of benzene rings is 1. The molecular weight excluding hydrogens is 375 g/mol. The highest BCUT2D eigenvalue weighted by Gasteiger charge is 2.54. The van der Waals surface area contributed by atoms with E-state index < -0.39 is 0 Å². The van der Waals surface area contributed by atoms with Crippen LogP contribution in [0.1, 0.15) is 17.9 Å². The molecule has 124 valence electrons. The summed E-state index contributed by atoms with van der Waals surface area (Å²) in [6.45, 7) is 0.696. The van der Waals surface area contributed by atoms with E-state index >= 15 is 0 Å². The van der Waals surface area contributed by atoms with Crippen molar-refractivity contribution in [2.75, 3.05) is 18.5 Å². The van der Waals surface area contributed by atoms with Gasteiger partial charge in [0.25, 0.3) is 0 Å². The number of hydrogen-bond donors (Lipinski definition) is 2. The zero-order valence-electron chi connectivity index (χ0n) is 12.8. The third-order valence-electron chi connectivity index (χ3n) is 4.72. The van der Waals surface area contributed by atoms with Gasteiger partial charge in [0.2, 0.25) is 0 Å². The van der Waals surface area contributed by atoms with E-state index in [2.05, 4.69) is 31.3 Å². The van der Waals surface area contributed by atoms with Gasteiger partial charge in [-0.05, 0) is 52.0 Å². The number of hydrogen-bond acceptors (Lipinski definition) is 4. The lowest BCUT2D eigenvalue weighted by atomic mass is 10.00. The molecule has 1 saturated carbocycles. The minimum Gasteiger partial charge on any atom is -0.396 e. The number of anilines is 1. The molecule has 0 saturated heterocycles. The van der Waals surface area contributed by atoms with Crippen LogP contribution in [0.3, 0.4) is 0 Å². The van der Waals surface area contributed by atoms with E-state index in [0.717, 1.165) is 27.9 Å². The van der Waals surface area contributed by atoms with Gasteiger partial charge in [0, 0.05) is 18.2 Å². The molecule has 3 aromatic rings. The van der Waals surface area contributed by atoms with Crippen LogP contribution in [-0.4, -0.2) is 32.9 Å². The molecule has 0 spiro atoms. The smallest absolute Gasteiger partial charge is 0.171 e. The quantitative estimate of drug-likeness (QED) is 0.701. The second-order valence-corrected chi connectivity index (χ2v) is 7.11. The summed E-state index contributed by atoms with van der Waals surface area (Å²) in [5, 5.41) is 17.3. The third-order valence-corrected chi connectivity index (χ3v) is 5.28. The Hall–Kier alpha value is -1.99. The summed E-state index contributed by atoms with van der Waals surface area (Å²) in [6.07, 6.45) is 4.42. The highest BCUT2D eigenvalue weighted by Crippen LogP contribution is 2.58. The molecule has 2 unspecified atom stereocenters. The van der Waals surface area contributed by atoms with Crippen LogP contribution in [-0.2, 0) is 0 Å². The Morgan fingerprint density at radius 2 is 2.12 bits per heavy atom. The van der Waals surface area contributed by atoms with Crippen molar-refractivity contribution >= 4 is 27.4 Å². The summed E-state index contributed by atoms with van der Waals surface area (Å²) in [7, 11) is 0. The lowest BCUT2D eigenvalue weighted by molar-refractivity contribution is 0.215. The second-order valence-electron chi connectivity index (χ2n) is 6.26. The number of rotatable bonds is 5. The molecule has 0 amide bonds. The maximum Gasteiger partial charge on any atom is 0.171 e. The number of aliphatic hydroxyl groups excluding tert-OH is 1. The second kappa shape index (κ2) is 5.82. The van der Waals surface area contributed by atoms with Gasteiger partial charge in [0.1, 0.15) is 11.6 Å². The van der Waals surface area contributed by atoms with Crippen LogP contribution >= 0.6 is 15.9 Å². The van der Waals surface area contributed by atoms with E-state index in [4.69, 9.17) is 0 Å². The number of fused-ring (bicyclic) bond motifs is 1. The van der Waals surface area contributed by atoms with Crippen molar-refractivity contribution in [1.29, 1.82) is 0 Å². The van der Waals surface area contributed by atoms with Gasteiger partial charge in [-0.15, -0.1) is 0 Å². The van der Waals surface area contributed by atoms with E-state index in [1.807, 2.05) is 12.3 Å². The largest absolute Gasteiger partial charge is 0.396 e. The van der Waals surface area contributed by atoms with Crippen LogP contribution in [0.25, 0.3) is 5.65 Å². The Labute approximate surface area is 146 Å². The molecule has 0 radical (unpaired) electrons. The minimum atomic E-state index is -0.240. The molecule has 1 aromatic carbocycles. The van der Waals surface area contributed by atoms with Gasteiger partial charge in [0.15, 0.2) is 5.65 Å². The fourth-order valence-electron chi connectivity index (χ4n) is 3.15. The molecule has 1 aliphatic carbocycles. The first-order valence-electron chi connectivity index (χ1n) is 7.71. The molecule has 2 aromatic heterocycles. The van der Waals surface area contributed by atoms with Crippen LogP contribution in [0.4, 0.5) is 10.2 Å². The first-order chi connectivity index (χ1) is 11.6. The van der Waals surface area contributed by atoms with Crippen molar-refractivity contribution in [2.45, 2.75) is 12.3 Å². The number of aliphatic hydroxyl groups is 1. The van der Waals surface area contributed by atoms with E-state index in [0.29, 0.717) is 6.54 Å². The number of aromatic nitrogens is 3. The predicted molar refractivity (Wildman–Crippen MR) is 92.5 cm³/mol. The third kappa shape index (κ3) is 2.67. The summed E-state index contributed by atoms with van der Waals surface area (Å²) in [5.41, 5.74) is 1.58. The SMILES string of the molecule is OCC1(CNc2ccn3ncc(Br)c3n2)CC1c1ccc(F)cc1. The van der Waals surface area contributed by atoms with Crippen molar-refractivity contribution in [3.63, 3.8) is 0 Å². The van der Waals surface area contributed by atoms with Gasteiger partial charge in [-0.25, -0.2) is 13.9 Å². The average Bonchev–Trinajstić information content (AvgIpc) is 3.23. The fraction of sp³-hybridized carbons (Fsp3) is 0.294. The molecule has 7 heteroatoms. The summed E-state index contributed by atoms with van der Waals surface area (Å²) in [6, 6.07) is 8.38. The lowest BCUT2D eigenvalue weighted by Gasteiger charge is -2.16. The maximum absolute atomic E-state index is 13.1. The van der Waals surface area contributed by atoms with Gasteiger partial charge < -0.3 is 10.4 Å². The average molecular weight is 391 g/mol. The van der Waals surface area contributed by atoms with Crippen LogP contribution in [0.5, 0.6) is 0 Å². The zero-order valence-corrected chi connectivity index (χ0v) is 14.4. The van der Waals surface area contributed by atoms with Crippen LogP contribution < -0.4 is 5.32 Å². The van der Waals surface area contributed by atoms with Gasteiger partial charge >= 0.3 is 0 Å². The molecule has 2 atom stereocenters. The zero-order chi connectivity index (χ0) is 16.7. The van der Waals surface area contributed by atoms with E-state index in [1.54, 1.807) is 22.8 Å². The summed E-state index contributed by atoms with van der Waals surface area (Å²) in [5.74, 6) is 0.735. The number of nitrogens with one attached hydrogen (secondary N) is 1. The minimum absolute atomic E-state index is 0.0840. The van der Waals surface area contributed by atoms with Gasteiger partial charge in [-0.1, -0.05) is 12.1 Å². The Bertz CT molecular complexity index is 882. The fourth-order valence-corrected chi connectivity index (χ4v) is 3.51. The van der Waals surface area contributed by atoms with Crippen molar-refractivity contribution in [2.24, 2.45) is 5.41 Å². The number of halogens is 2. The van der Waals surface area contributed by atoms with Crippen molar-refractivity contribution in [1.82, 2.24) is 14.6 Å². The topological polar surface area (TPSA) is 62.5 Å². The highest BCUT2D eigenvalue weighted by atomic mass is 79.9. The summed E-state index contributed by atoms with van der Waals surface area (Å²) in [4.78, 5) is 4.52. The van der Waals surface area contributed by atoms with Crippen molar-refractivity contribution < 1.29 is 9.50 Å². The van der Waals surface area contributed by atoms with E-state index in [1.165, 1.54) is 12.1 Å². The highest BCUT2D eigenvalue weighted by molar-refractivity contribution is 9.10. The van der Waals surface area contributed by atoms with E-state index in [-0.39, 0.29) is 23.8 Å². The molecular formula is C17H16BrFN4O. The molecule has 2 N–H and O–H groups in total. The summed E-state index contributed by atoms with van der Waals surface area (Å²) < 4.78 is 15.6. The van der Waals surface area contributed by atoms with Gasteiger partial charge in [0.05, 0.1) is 17.3 Å². The Morgan fingerprint density at radius 1 is 1.33 bits per heavy atom.